The van der Waals surface area contributed by atoms with Crippen molar-refractivity contribution in [2.24, 2.45) is 7.05 Å². The Hall–Kier alpha value is -2.56. The number of carbonyl (C=O) groups is 1. The molecule has 1 aromatic carbocycles. The Labute approximate surface area is 114 Å². The van der Waals surface area contributed by atoms with E-state index in [0.717, 1.165) is 40.7 Å². The number of hydrogen-bond donors (Lipinski definition) is 2. The Morgan fingerprint density at radius 1 is 1.40 bits per heavy atom. The average Bonchev–Trinajstić information content (AvgIpc) is 2.96. The number of H-pyrrole nitrogens is 1. The van der Waals surface area contributed by atoms with Gasteiger partial charge in [0.2, 0.25) is 0 Å². The number of aromatic carboxylic acids is 1. The molecule has 2 N–H and O–H groups in total. The number of carboxylic acids is 1. The fourth-order valence-electron chi connectivity index (χ4n) is 3.14. The average molecular weight is 267 g/mol. The number of aryl methyl sites for hydroxylation is 3. The lowest BCUT2D eigenvalue weighted by Crippen LogP contribution is -2.03. The second-order valence-electron chi connectivity index (χ2n) is 5.19. The van der Waals surface area contributed by atoms with Crippen molar-refractivity contribution in [2.45, 2.75) is 12.8 Å². The summed E-state index contributed by atoms with van der Waals surface area (Å²) in [5, 5.41) is 14.7. The van der Waals surface area contributed by atoms with Gasteiger partial charge in [-0.2, -0.15) is 5.10 Å². The summed E-state index contributed by atoms with van der Waals surface area (Å²) in [5.41, 5.74) is 5.43. The summed E-state index contributed by atoms with van der Waals surface area (Å²) in [6.07, 6.45) is 3.78. The molecule has 0 saturated heterocycles. The van der Waals surface area contributed by atoms with Crippen LogP contribution in [0.25, 0.3) is 22.3 Å². The Morgan fingerprint density at radius 3 is 3.05 bits per heavy atom. The van der Waals surface area contributed by atoms with E-state index in [9.17, 15) is 9.90 Å². The van der Waals surface area contributed by atoms with Crippen molar-refractivity contribution < 1.29 is 9.90 Å². The number of carboxylic acid groups (broad SMARTS) is 1. The minimum Gasteiger partial charge on any atom is -0.478 e. The summed E-state index contributed by atoms with van der Waals surface area (Å²) >= 11 is 0. The maximum absolute atomic E-state index is 11.4. The van der Waals surface area contributed by atoms with Gasteiger partial charge >= 0.3 is 5.97 Å². The summed E-state index contributed by atoms with van der Waals surface area (Å²) in [4.78, 5) is 14.8. The van der Waals surface area contributed by atoms with Crippen molar-refractivity contribution in [1.29, 1.82) is 0 Å². The predicted octanol–water partition coefficient (Wildman–Crippen LogP) is 2.37. The van der Waals surface area contributed by atoms with Crippen LogP contribution in [0, 0.1) is 0 Å². The summed E-state index contributed by atoms with van der Waals surface area (Å²) < 4.78 is 1.81. The van der Waals surface area contributed by atoms with Crippen molar-refractivity contribution in [3.05, 3.63) is 41.1 Å². The van der Waals surface area contributed by atoms with E-state index in [1.165, 1.54) is 5.56 Å². The summed E-state index contributed by atoms with van der Waals surface area (Å²) in [6, 6.07) is 5.35. The predicted molar refractivity (Wildman–Crippen MR) is 74.9 cm³/mol. The number of nitrogens with zero attached hydrogens (tertiary/aromatic N) is 2. The quantitative estimate of drug-likeness (QED) is 0.711. The first-order chi connectivity index (χ1) is 9.65. The van der Waals surface area contributed by atoms with Crippen molar-refractivity contribution >= 4 is 16.9 Å². The van der Waals surface area contributed by atoms with Gasteiger partial charge in [-0.25, -0.2) is 4.79 Å². The minimum absolute atomic E-state index is 0.361. The van der Waals surface area contributed by atoms with E-state index in [0.29, 0.717) is 5.56 Å². The van der Waals surface area contributed by atoms with E-state index >= 15 is 0 Å². The molecule has 0 amide bonds. The first-order valence-corrected chi connectivity index (χ1v) is 6.55. The Kier molecular flexibility index (Phi) is 2.10. The molecule has 1 aliphatic rings. The van der Waals surface area contributed by atoms with E-state index in [1.54, 1.807) is 12.1 Å². The SMILES string of the molecule is Cn1cc2c(n1)-c1[nH]c3cccc(C(=O)O)c3c1CC2. The van der Waals surface area contributed by atoms with Gasteiger partial charge in [0, 0.05) is 24.1 Å². The molecule has 3 aromatic rings. The molecular weight excluding hydrogens is 254 g/mol. The number of fused-ring (bicyclic) bond motifs is 5. The fourth-order valence-corrected chi connectivity index (χ4v) is 3.14. The van der Waals surface area contributed by atoms with E-state index in [4.69, 9.17) is 0 Å². The number of rotatable bonds is 1. The monoisotopic (exact) mass is 267 g/mol. The minimum atomic E-state index is -0.885. The first-order valence-electron chi connectivity index (χ1n) is 6.55. The van der Waals surface area contributed by atoms with Crippen LogP contribution in [0.3, 0.4) is 0 Å². The molecule has 0 atom stereocenters. The highest BCUT2D eigenvalue weighted by molar-refractivity contribution is 6.06. The highest BCUT2D eigenvalue weighted by atomic mass is 16.4. The van der Waals surface area contributed by atoms with Crippen molar-refractivity contribution in [1.82, 2.24) is 14.8 Å². The zero-order valence-corrected chi connectivity index (χ0v) is 11.0. The molecule has 0 unspecified atom stereocenters. The Bertz CT molecular complexity index is 858. The molecule has 4 rings (SSSR count). The number of aromatic nitrogens is 3. The Balaban J connectivity index is 2.09. The molecule has 0 saturated carbocycles. The molecule has 5 nitrogen and oxygen atoms in total. The van der Waals surface area contributed by atoms with E-state index in [1.807, 2.05) is 24.0 Å². The largest absolute Gasteiger partial charge is 0.478 e. The van der Waals surface area contributed by atoms with Crippen LogP contribution in [0.15, 0.2) is 24.4 Å². The third-order valence-electron chi connectivity index (χ3n) is 3.94. The Morgan fingerprint density at radius 2 is 2.25 bits per heavy atom. The lowest BCUT2D eigenvalue weighted by atomic mass is 9.92. The molecule has 0 bridgehead atoms. The molecule has 2 heterocycles. The molecule has 0 fully saturated rings. The van der Waals surface area contributed by atoms with Crippen LogP contribution in [-0.2, 0) is 19.9 Å². The van der Waals surface area contributed by atoms with Crippen LogP contribution in [0.4, 0.5) is 0 Å². The maximum Gasteiger partial charge on any atom is 0.336 e. The first kappa shape index (κ1) is 11.3. The van der Waals surface area contributed by atoms with Gasteiger partial charge in [0.25, 0.3) is 0 Å². The van der Waals surface area contributed by atoms with Gasteiger partial charge < -0.3 is 10.1 Å². The van der Waals surface area contributed by atoms with E-state index in [-0.39, 0.29) is 0 Å². The van der Waals surface area contributed by atoms with Crippen LogP contribution in [0.5, 0.6) is 0 Å². The zero-order valence-electron chi connectivity index (χ0n) is 11.0. The highest BCUT2D eigenvalue weighted by Crippen LogP contribution is 2.37. The number of aromatic amines is 1. The zero-order chi connectivity index (χ0) is 13.9. The number of nitrogens with one attached hydrogen (secondary N) is 1. The molecule has 100 valence electrons. The van der Waals surface area contributed by atoms with Gasteiger partial charge in [-0.3, -0.25) is 4.68 Å². The van der Waals surface area contributed by atoms with E-state index < -0.39 is 5.97 Å². The highest BCUT2D eigenvalue weighted by Gasteiger charge is 2.25. The van der Waals surface area contributed by atoms with Gasteiger partial charge in [-0.15, -0.1) is 0 Å². The van der Waals surface area contributed by atoms with Gasteiger partial charge in [-0.1, -0.05) is 6.07 Å². The fraction of sp³-hybridized carbons (Fsp3) is 0.200. The van der Waals surface area contributed by atoms with E-state index in [2.05, 4.69) is 10.1 Å². The third-order valence-corrected chi connectivity index (χ3v) is 3.94. The van der Waals surface area contributed by atoms with Crippen molar-refractivity contribution in [2.75, 3.05) is 0 Å². The van der Waals surface area contributed by atoms with Gasteiger partial charge in [0.15, 0.2) is 0 Å². The lowest BCUT2D eigenvalue weighted by Gasteiger charge is -2.11. The molecule has 0 aliphatic heterocycles. The number of hydrogen-bond acceptors (Lipinski definition) is 2. The van der Waals surface area contributed by atoms with Crippen molar-refractivity contribution in [3.8, 4) is 11.4 Å². The standard InChI is InChI=1S/C15H13N3O2/c1-18-7-8-5-6-9-12-10(15(19)20)3-2-4-11(12)16-14(9)13(8)17-18/h2-4,7,16H,5-6H2,1H3,(H,19,20). The lowest BCUT2D eigenvalue weighted by molar-refractivity contribution is 0.0699. The number of benzene rings is 1. The topological polar surface area (TPSA) is 70.9 Å². The summed E-state index contributed by atoms with van der Waals surface area (Å²) in [5.74, 6) is -0.885. The second kappa shape index (κ2) is 3.72. The van der Waals surface area contributed by atoms with Crippen LogP contribution < -0.4 is 0 Å². The molecule has 1 aliphatic carbocycles. The summed E-state index contributed by atoms with van der Waals surface area (Å²) in [6.45, 7) is 0. The maximum atomic E-state index is 11.4. The molecular formula is C15H13N3O2. The molecule has 0 spiro atoms. The molecule has 2 aromatic heterocycles. The van der Waals surface area contributed by atoms with Gasteiger partial charge in [-0.05, 0) is 36.1 Å². The smallest absolute Gasteiger partial charge is 0.336 e. The second-order valence-corrected chi connectivity index (χ2v) is 5.19. The van der Waals surface area contributed by atoms with Crippen molar-refractivity contribution in [3.63, 3.8) is 0 Å². The summed E-state index contributed by atoms with van der Waals surface area (Å²) in [7, 11) is 1.91. The van der Waals surface area contributed by atoms with Crippen LogP contribution in [0.1, 0.15) is 21.5 Å². The molecule has 20 heavy (non-hydrogen) atoms. The van der Waals surface area contributed by atoms with Crippen LogP contribution in [-0.4, -0.2) is 25.8 Å². The molecule has 5 heteroatoms. The van der Waals surface area contributed by atoms with Gasteiger partial charge in [0.1, 0.15) is 5.69 Å². The molecule has 0 radical (unpaired) electrons. The van der Waals surface area contributed by atoms with Crippen LogP contribution in [0.2, 0.25) is 0 Å². The normalized spacial score (nSPS) is 13.2. The third kappa shape index (κ3) is 1.37. The van der Waals surface area contributed by atoms with Crippen LogP contribution >= 0.6 is 0 Å². The van der Waals surface area contributed by atoms with Gasteiger partial charge in [0.05, 0.1) is 11.3 Å².